The van der Waals surface area contributed by atoms with Crippen molar-refractivity contribution in [1.29, 1.82) is 0 Å². The molecule has 0 bridgehead atoms. The number of phosphoric acid groups is 1. The maximum atomic E-state index is 12.6. The largest absolute Gasteiger partial charge is 0.472 e. The summed E-state index contributed by atoms with van der Waals surface area (Å²) < 4.78 is 32.6. The van der Waals surface area contributed by atoms with Crippen molar-refractivity contribution < 1.29 is 47.8 Å². The van der Waals surface area contributed by atoms with Gasteiger partial charge in [-0.1, -0.05) is 149 Å². The van der Waals surface area contributed by atoms with Crippen molar-refractivity contribution in [3.8, 4) is 0 Å². The number of phosphoric ester groups is 1. The highest BCUT2D eigenvalue weighted by Crippen LogP contribution is 2.43. The Morgan fingerprint density at radius 1 is 0.508 bits per heavy atom. The van der Waals surface area contributed by atoms with Gasteiger partial charge < -0.3 is 24.6 Å². The molecule has 0 aliphatic rings. The van der Waals surface area contributed by atoms with Crippen LogP contribution in [-0.4, -0.2) is 65.7 Å². The Morgan fingerprint density at radius 2 is 0.949 bits per heavy atom. The van der Waals surface area contributed by atoms with Gasteiger partial charge in [0.05, 0.1) is 19.8 Å². The monoisotopic (exact) mass is 845 g/mol. The molecule has 0 radical (unpaired) electrons. The number of hydrogen-bond donors (Lipinski definition) is 3. The standard InChI is InChI=1S/C48H77O10P/c1-3-5-7-9-11-13-15-17-19-21-22-24-25-27-29-31-33-35-37-39-47(51)55-43-46(44-57-59(53,54)56-42-45(50)41-49)58-48(52)40-38-36-34-32-30-28-26-23-20-18-16-14-12-10-8-6-4-2/h8,10-11,13-14,16-17,19-20,22-24,27-30,33,35,45-46,49-50H,3-7,9,12,15,18,21,25-26,31-32,34,36-44H2,1-2H3,(H,53,54)/b10-8+,13-11+,16-14+,19-17+,23-20+,24-22+,29-27+,30-28+,35-33+/t45-,46+/m0/s1. The molecule has 11 heteroatoms. The Kier molecular flexibility index (Phi) is 40.3. The molecule has 3 N–H and O–H groups in total. The lowest BCUT2D eigenvalue weighted by Gasteiger charge is -2.20. The first-order valence-electron chi connectivity index (χ1n) is 21.8. The Morgan fingerprint density at radius 3 is 1.42 bits per heavy atom. The van der Waals surface area contributed by atoms with Crippen molar-refractivity contribution in [3.63, 3.8) is 0 Å². The molecule has 0 aliphatic heterocycles. The van der Waals surface area contributed by atoms with Gasteiger partial charge in [0.1, 0.15) is 12.7 Å². The van der Waals surface area contributed by atoms with Crippen LogP contribution in [0, 0.1) is 0 Å². The second-order valence-corrected chi connectivity index (χ2v) is 15.5. The number of aliphatic hydroxyl groups is 2. The molecule has 0 aromatic heterocycles. The average Bonchev–Trinajstić information content (AvgIpc) is 3.22. The summed E-state index contributed by atoms with van der Waals surface area (Å²) in [6, 6.07) is 0. The van der Waals surface area contributed by atoms with Gasteiger partial charge in [-0.2, -0.15) is 0 Å². The first-order chi connectivity index (χ1) is 28.7. The molecule has 10 nitrogen and oxygen atoms in total. The number of aliphatic hydroxyl groups excluding tert-OH is 2. The molecular weight excluding hydrogens is 767 g/mol. The quantitative estimate of drug-likeness (QED) is 0.0236. The summed E-state index contributed by atoms with van der Waals surface area (Å²) in [6.45, 7) is 2.13. The fraction of sp³-hybridized carbons (Fsp3) is 0.583. The first-order valence-corrected chi connectivity index (χ1v) is 23.3. The predicted molar refractivity (Wildman–Crippen MR) is 242 cm³/mol. The van der Waals surface area contributed by atoms with Crippen molar-refractivity contribution in [1.82, 2.24) is 0 Å². The zero-order valence-electron chi connectivity index (χ0n) is 36.2. The van der Waals surface area contributed by atoms with Crippen molar-refractivity contribution in [2.75, 3.05) is 26.4 Å². The Balaban J connectivity index is 4.50. The van der Waals surface area contributed by atoms with Crippen LogP contribution in [0.25, 0.3) is 0 Å². The molecule has 0 rings (SSSR count). The van der Waals surface area contributed by atoms with E-state index in [-0.39, 0.29) is 19.4 Å². The number of esters is 2. The van der Waals surface area contributed by atoms with Crippen molar-refractivity contribution in [2.24, 2.45) is 0 Å². The molecule has 0 aromatic rings. The van der Waals surface area contributed by atoms with Gasteiger partial charge in [-0.25, -0.2) is 4.57 Å². The Hall–Kier alpha value is -3.37. The zero-order valence-corrected chi connectivity index (χ0v) is 37.1. The van der Waals surface area contributed by atoms with Crippen molar-refractivity contribution in [3.05, 3.63) is 109 Å². The van der Waals surface area contributed by atoms with Crippen LogP contribution in [0.3, 0.4) is 0 Å². The highest BCUT2D eigenvalue weighted by Gasteiger charge is 2.27. The van der Waals surface area contributed by atoms with E-state index in [0.717, 1.165) is 70.6 Å². The van der Waals surface area contributed by atoms with Gasteiger partial charge in [0.15, 0.2) is 6.10 Å². The lowest BCUT2D eigenvalue weighted by Crippen LogP contribution is -2.29. The fourth-order valence-corrected chi connectivity index (χ4v) is 5.81. The van der Waals surface area contributed by atoms with E-state index in [2.05, 4.69) is 116 Å². The molecule has 1 unspecified atom stereocenters. The summed E-state index contributed by atoms with van der Waals surface area (Å²) in [5.74, 6) is -1.07. The number of unbranched alkanes of at least 4 members (excludes halogenated alkanes) is 7. The van der Waals surface area contributed by atoms with Crippen LogP contribution in [-0.2, 0) is 32.7 Å². The summed E-state index contributed by atoms with van der Waals surface area (Å²) in [6.07, 6.45) is 53.5. The van der Waals surface area contributed by atoms with Crippen LogP contribution >= 0.6 is 7.82 Å². The SMILES string of the molecule is CCC/C=C/C/C=C/C/C=C/C/C=C/CCCCCC(=O)O[C@H](COC(=O)CC/C=C/C/C=C/C/C=C/C/C=C/C/C=C/CCCCC)COP(=O)(O)OC[C@@H](O)CO. The third kappa shape index (κ3) is 42.6. The maximum Gasteiger partial charge on any atom is 0.472 e. The first kappa shape index (κ1) is 55.6. The summed E-state index contributed by atoms with van der Waals surface area (Å²) >= 11 is 0. The molecule has 0 spiro atoms. The summed E-state index contributed by atoms with van der Waals surface area (Å²) in [5.41, 5.74) is 0. The van der Waals surface area contributed by atoms with E-state index in [9.17, 15) is 24.2 Å². The van der Waals surface area contributed by atoms with E-state index >= 15 is 0 Å². The van der Waals surface area contributed by atoms with Crippen molar-refractivity contribution >= 4 is 19.8 Å². The maximum absolute atomic E-state index is 12.6. The number of allylic oxidation sites excluding steroid dienone is 18. The molecule has 334 valence electrons. The molecule has 0 saturated carbocycles. The van der Waals surface area contributed by atoms with E-state index in [1.165, 1.54) is 32.1 Å². The third-order valence-corrected chi connectivity index (χ3v) is 9.35. The molecule has 59 heavy (non-hydrogen) atoms. The Bertz CT molecular complexity index is 1340. The molecular formula is C48H77O10P. The number of carbonyl (C=O) groups excluding carboxylic acids is 2. The minimum Gasteiger partial charge on any atom is -0.462 e. The topological polar surface area (TPSA) is 149 Å². The van der Waals surface area contributed by atoms with Crippen LogP contribution < -0.4 is 0 Å². The van der Waals surface area contributed by atoms with Gasteiger partial charge in [0.25, 0.3) is 0 Å². The number of hydrogen-bond acceptors (Lipinski definition) is 9. The van der Waals surface area contributed by atoms with E-state index in [4.69, 9.17) is 19.1 Å². The van der Waals surface area contributed by atoms with Gasteiger partial charge in [-0.3, -0.25) is 18.6 Å². The van der Waals surface area contributed by atoms with Gasteiger partial charge in [0, 0.05) is 12.8 Å². The molecule has 3 atom stereocenters. The second kappa shape index (κ2) is 42.7. The van der Waals surface area contributed by atoms with E-state index in [0.29, 0.717) is 12.8 Å². The number of ether oxygens (including phenoxy) is 2. The number of carbonyl (C=O) groups is 2. The second-order valence-electron chi connectivity index (χ2n) is 14.0. The third-order valence-electron chi connectivity index (χ3n) is 8.39. The molecule has 0 heterocycles. The molecule has 0 amide bonds. The minimum absolute atomic E-state index is 0.104. The zero-order chi connectivity index (χ0) is 43.3. The number of rotatable bonds is 39. The van der Waals surface area contributed by atoms with Crippen LogP contribution in [0.5, 0.6) is 0 Å². The summed E-state index contributed by atoms with van der Waals surface area (Å²) in [4.78, 5) is 35.0. The summed E-state index contributed by atoms with van der Waals surface area (Å²) in [5, 5.41) is 18.3. The lowest BCUT2D eigenvalue weighted by atomic mass is 10.1. The van der Waals surface area contributed by atoms with E-state index in [1.807, 2.05) is 12.2 Å². The van der Waals surface area contributed by atoms with E-state index < -0.39 is 51.8 Å². The van der Waals surface area contributed by atoms with Crippen LogP contribution in [0.1, 0.15) is 142 Å². The van der Waals surface area contributed by atoms with Gasteiger partial charge in [0.2, 0.25) is 0 Å². The van der Waals surface area contributed by atoms with Crippen molar-refractivity contribution in [2.45, 2.75) is 154 Å². The normalized spacial score (nSPS) is 14.9. The van der Waals surface area contributed by atoms with Crippen LogP contribution in [0.4, 0.5) is 0 Å². The van der Waals surface area contributed by atoms with Crippen LogP contribution in [0.15, 0.2) is 109 Å². The average molecular weight is 845 g/mol. The molecule has 0 aliphatic carbocycles. The predicted octanol–water partition coefficient (Wildman–Crippen LogP) is 11.8. The minimum atomic E-state index is -4.65. The smallest absolute Gasteiger partial charge is 0.462 e. The van der Waals surface area contributed by atoms with Gasteiger partial charge in [-0.15, -0.1) is 0 Å². The summed E-state index contributed by atoms with van der Waals surface area (Å²) in [7, 11) is -4.65. The molecule has 0 saturated heterocycles. The molecule has 0 aromatic carbocycles. The lowest BCUT2D eigenvalue weighted by molar-refractivity contribution is -0.161. The highest BCUT2D eigenvalue weighted by atomic mass is 31.2. The fourth-order valence-electron chi connectivity index (χ4n) is 5.02. The van der Waals surface area contributed by atoms with Gasteiger partial charge >= 0.3 is 19.8 Å². The Labute approximate surface area is 356 Å². The molecule has 0 fully saturated rings. The highest BCUT2D eigenvalue weighted by molar-refractivity contribution is 7.47. The van der Waals surface area contributed by atoms with Crippen LogP contribution in [0.2, 0.25) is 0 Å². The van der Waals surface area contributed by atoms with Gasteiger partial charge in [-0.05, 0) is 89.9 Å². The van der Waals surface area contributed by atoms with E-state index in [1.54, 1.807) is 0 Å².